The Balaban J connectivity index is 0.000000385. The summed E-state index contributed by atoms with van der Waals surface area (Å²) in [5.41, 5.74) is -0.229. The van der Waals surface area contributed by atoms with Crippen molar-refractivity contribution >= 4 is 60.9 Å². The Morgan fingerprint density at radius 2 is 1.69 bits per heavy atom. The summed E-state index contributed by atoms with van der Waals surface area (Å²) in [6.45, 7) is 0. The van der Waals surface area contributed by atoms with Crippen LogP contribution in [0.4, 0.5) is 11.4 Å². The van der Waals surface area contributed by atoms with E-state index in [9.17, 15) is 10.1 Å². The summed E-state index contributed by atoms with van der Waals surface area (Å²) in [5, 5.41) is 18.5. The van der Waals surface area contributed by atoms with Crippen LogP contribution in [0, 0.1) is 15.5 Å². The van der Waals surface area contributed by atoms with Gasteiger partial charge in [0.25, 0.3) is 0 Å². The number of nitro groups is 1. The zero-order valence-corrected chi connectivity index (χ0v) is 13.9. The molecular formula is C6H4BiCl4N3O2. The van der Waals surface area contributed by atoms with E-state index in [-0.39, 0.29) is 11.4 Å². The first-order valence-electron chi connectivity index (χ1n) is 3.52. The minimum absolute atomic E-state index is 0.0301. The molecule has 0 bridgehead atoms. The molecule has 0 aliphatic rings. The molecule has 0 amide bonds. The molecule has 0 aliphatic heterocycles. The molecule has 1 aromatic rings. The zero-order chi connectivity index (χ0) is 12.8. The van der Waals surface area contributed by atoms with Crippen molar-refractivity contribution in [3.63, 3.8) is 0 Å². The van der Waals surface area contributed by atoms with Crippen LogP contribution in [0.25, 0.3) is 4.98 Å². The molecular weight excluding hydrogens is 497 g/mol. The molecule has 88 valence electrons. The van der Waals surface area contributed by atoms with Crippen molar-refractivity contribution in [3.8, 4) is 0 Å². The second-order valence-electron chi connectivity index (χ2n) is 2.23. The van der Waals surface area contributed by atoms with Crippen LogP contribution in [-0.2, 0) is 0 Å². The van der Waals surface area contributed by atoms with E-state index in [0.29, 0.717) is 0 Å². The van der Waals surface area contributed by atoms with E-state index in [1.807, 2.05) is 0 Å². The summed E-state index contributed by atoms with van der Waals surface area (Å²) in [6.07, 6.45) is 0. The Morgan fingerprint density at radius 1 is 1.25 bits per heavy atom. The van der Waals surface area contributed by atoms with Gasteiger partial charge in [0, 0.05) is 12.1 Å². The van der Waals surface area contributed by atoms with Gasteiger partial charge in [-0.2, -0.15) is 0 Å². The van der Waals surface area contributed by atoms with Gasteiger partial charge in [-0.25, -0.2) is 0 Å². The van der Waals surface area contributed by atoms with Crippen LogP contribution in [-0.4, -0.2) is 20.4 Å². The Bertz CT molecular complexity index is 411. The van der Waals surface area contributed by atoms with E-state index in [2.05, 4.69) is 4.98 Å². The number of hydrogen-bond acceptors (Lipinski definition) is 3. The third-order valence-corrected chi connectivity index (χ3v) is 1.19. The van der Waals surface area contributed by atoms with E-state index >= 15 is 0 Å². The van der Waals surface area contributed by atoms with Gasteiger partial charge in [-0.05, 0) is 0 Å². The van der Waals surface area contributed by atoms with Gasteiger partial charge in [0.15, 0.2) is 4.98 Å². The van der Waals surface area contributed by atoms with Crippen LogP contribution in [0.5, 0.6) is 0 Å². The van der Waals surface area contributed by atoms with Gasteiger partial charge in [0.05, 0.1) is 4.92 Å². The summed E-state index contributed by atoms with van der Waals surface area (Å²) >= 11 is -3.33. The number of halogens is 4. The Labute approximate surface area is 110 Å². The topological polar surface area (TPSA) is 71.3 Å². The molecule has 0 N–H and O–H groups in total. The summed E-state index contributed by atoms with van der Waals surface area (Å²) in [6, 6.07) is 5.70. The van der Waals surface area contributed by atoms with Crippen LogP contribution in [0.15, 0.2) is 24.3 Å². The van der Waals surface area contributed by atoms with Gasteiger partial charge >= 0.3 is 60.9 Å². The maximum absolute atomic E-state index is 10.2. The quantitative estimate of drug-likeness (QED) is 0.247. The van der Waals surface area contributed by atoms with Crippen LogP contribution in [0.2, 0.25) is 0 Å². The van der Waals surface area contributed by atoms with Crippen molar-refractivity contribution in [1.82, 2.24) is 0 Å². The van der Waals surface area contributed by atoms with Gasteiger partial charge < -0.3 is 0 Å². The molecule has 10 heteroatoms. The van der Waals surface area contributed by atoms with E-state index in [1.54, 1.807) is 6.07 Å². The van der Waals surface area contributed by atoms with Gasteiger partial charge in [-0.1, -0.05) is 12.1 Å². The fourth-order valence-corrected chi connectivity index (χ4v) is 0.703. The second-order valence-corrected chi connectivity index (χ2v) is 32.1. The molecule has 0 fully saturated rings. The summed E-state index contributed by atoms with van der Waals surface area (Å²) in [4.78, 5) is 12.4. The van der Waals surface area contributed by atoms with Gasteiger partial charge in [0.1, 0.15) is 0 Å². The molecule has 0 aliphatic carbocycles. The number of nitro benzene ring substituents is 1. The molecule has 0 spiro atoms. The monoisotopic (exact) mass is 499 g/mol. The third-order valence-electron chi connectivity index (χ3n) is 1.19. The van der Waals surface area contributed by atoms with Crippen molar-refractivity contribution < 1.29 is 4.92 Å². The van der Waals surface area contributed by atoms with E-state index in [4.69, 9.17) is 39.4 Å². The minimum atomic E-state index is -3.33. The molecule has 0 atom stereocenters. The van der Waals surface area contributed by atoms with Crippen molar-refractivity contribution in [2.75, 3.05) is 0 Å². The number of diazo groups is 1. The fraction of sp³-hybridized carbons (Fsp3) is 0. The van der Waals surface area contributed by atoms with Crippen LogP contribution in [0.3, 0.4) is 0 Å². The van der Waals surface area contributed by atoms with E-state index in [1.165, 1.54) is 18.2 Å². The number of nitrogens with zero attached hydrogens (tertiary/aromatic N) is 3. The second kappa shape index (κ2) is 7.42. The summed E-state index contributed by atoms with van der Waals surface area (Å²) < 4.78 is 0. The van der Waals surface area contributed by atoms with E-state index in [0.717, 1.165) is 0 Å². The third kappa shape index (κ3) is 8.26. The average molecular weight is 501 g/mol. The van der Waals surface area contributed by atoms with Crippen LogP contribution in [0.1, 0.15) is 0 Å². The van der Waals surface area contributed by atoms with Gasteiger partial charge in [-0.3, -0.25) is 10.1 Å². The molecule has 0 radical (unpaired) electrons. The maximum atomic E-state index is 10.2. The van der Waals surface area contributed by atoms with E-state index < -0.39 is 20.4 Å². The first-order chi connectivity index (χ1) is 7.25. The average Bonchev–Trinajstić information content (AvgIpc) is 2.15. The zero-order valence-electron chi connectivity index (χ0n) is 7.43. The Hall–Kier alpha value is 0.0831. The molecule has 0 saturated carbocycles. The van der Waals surface area contributed by atoms with Gasteiger partial charge in [-0.15, -0.1) is 0 Å². The van der Waals surface area contributed by atoms with Crippen molar-refractivity contribution in [1.29, 1.82) is 5.39 Å². The van der Waals surface area contributed by atoms with Crippen molar-refractivity contribution in [2.24, 2.45) is 0 Å². The number of rotatable bonds is 1. The molecule has 0 saturated heterocycles. The number of benzene rings is 1. The fourth-order valence-electron chi connectivity index (χ4n) is 0.703. The molecule has 0 unspecified atom stereocenters. The first-order valence-corrected chi connectivity index (χ1v) is 20.6. The van der Waals surface area contributed by atoms with Crippen molar-refractivity contribution in [3.05, 3.63) is 39.4 Å². The van der Waals surface area contributed by atoms with Gasteiger partial charge in [0.2, 0.25) is 5.39 Å². The van der Waals surface area contributed by atoms with Crippen LogP contribution < -0.4 is 0 Å². The summed E-state index contributed by atoms with van der Waals surface area (Å²) in [7, 11) is 20.2. The number of para-hydroxylation sites is 1. The van der Waals surface area contributed by atoms with Crippen LogP contribution >= 0.6 is 34.1 Å². The summed E-state index contributed by atoms with van der Waals surface area (Å²) in [5.74, 6) is 0. The predicted octanol–water partition coefficient (Wildman–Crippen LogP) is 4.46. The predicted molar refractivity (Wildman–Crippen MR) is 67.0 cm³/mol. The molecule has 16 heavy (non-hydrogen) atoms. The standard InChI is InChI=1S/C6H4N3O2.Bi.4ClH/c7-8-5-3-1-2-4-6(5)9(10)11;;;;;/h1-4H;;4*1H/q+1;+3;;;;/p-4. The Morgan fingerprint density at radius 3 is 2.00 bits per heavy atom. The normalized spacial score (nSPS) is 10.7. The molecule has 1 aromatic carbocycles. The molecule has 5 nitrogen and oxygen atoms in total. The Kier molecular flexibility index (Phi) is 7.46. The number of hydrogen-bond donors (Lipinski definition) is 0. The SMILES string of the molecule is N#[N+]c1ccccc1[N+](=O)[O-].[Cl][Bi-]([Cl])([Cl])[Cl]. The molecule has 1 rings (SSSR count). The van der Waals surface area contributed by atoms with Crippen molar-refractivity contribution in [2.45, 2.75) is 0 Å². The first kappa shape index (κ1) is 16.1. The molecule has 0 heterocycles. The molecule has 0 aromatic heterocycles.